The molecular weight excluding hydrogens is 283 g/mol. The van der Waals surface area contributed by atoms with Crippen LogP contribution in [0, 0.1) is 5.82 Å². The van der Waals surface area contributed by atoms with Crippen LogP contribution in [0.4, 0.5) is 10.1 Å². The Morgan fingerprint density at radius 3 is 2.55 bits per heavy atom. The minimum atomic E-state index is -0.665. The molecule has 0 radical (unpaired) electrons. The molecule has 3 N–H and O–H groups in total. The minimum absolute atomic E-state index is 0.226. The van der Waals surface area contributed by atoms with Crippen LogP contribution in [0.3, 0.4) is 0 Å². The molecule has 5 heteroatoms. The number of hydrogen-bond acceptors (Lipinski definition) is 4. The lowest BCUT2D eigenvalue weighted by Crippen LogP contribution is -2.33. The van der Waals surface area contributed by atoms with Crippen LogP contribution in [0.5, 0.6) is 0 Å². The summed E-state index contributed by atoms with van der Waals surface area (Å²) >= 11 is 0. The summed E-state index contributed by atoms with van der Waals surface area (Å²) in [6, 6.07) is 13.5. The van der Waals surface area contributed by atoms with Gasteiger partial charge < -0.3 is 15.8 Å². The first kappa shape index (κ1) is 16.0. The van der Waals surface area contributed by atoms with Crippen molar-refractivity contribution in [1.29, 1.82) is 0 Å². The number of nitrogens with one attached hydrogen (secondary N) is 1. The number of carbonyl (C=O) groups excluding carboxylic acids is 1. The third-order valence-electron chi connectivity index (χ3n) is 3.35. The first-order valence-corrected chi connectivity index (χ1v) is 7.00. The lowest BCUT2D eigenvalue weighted by Gasteiger charge is -2.11. The van der Waals surface area contributed by atoms with E-state index in [1.54, 1.807) is 18.2 Å². The van der Waals surface area contributed by atoms with Gasteiger partial charge in [0.15, 0.2) is 0 Å². The zero-order valence-corrected chi connectivity index (χ0v) is 12.4. The molecule has 0 saturated carbocycles. The maximum Gasteiger partial charge on any atom is 0.322 e. The fourth-order valence-corrected chi connectivity index (χ4v) is 2.09. The van der Waals surface area contributed by atoms with Gasteiger partial charge in [-0.05, 0) is 30.2 Å². The van der Waals surface area contributed by atoms with Crippen LogP contribution >= 0.6 is 0 Å². The van der Waals surface area contributed by atoms with Crippen LogP contribution in [0.25, 0.3) is 0 Å². The van der Waals surface area contributed by atoms with Gasteiger partial charge in [-0.2, -0.15) is 0 Å². The molecule has 0 unspecified atom stereocenters. The van der Waals surface area contributed by atoms with Gasteiger partial charge in [-0.25, -0.2) is 4.39 Å². The van der Waals surface area contributed by atoms with Crippen LogP contribution in [-0.4, -0.2) is 19.1 Å². The molecule has 0 aliphatic carbocycles. The van der Waals surface area contributed by atoms with Crippen LogP contribution in [0.1, 0.15) is 11.1 Å². The van der Waals surface area contributed by atoms with Crippen LogP contribution < -0.4 is 11.1 Å². The van der Waals surface area contributed by atoms with Gasteiger partial charge in [-0.15, -0.1) is 0 Å². The van der Waals surface area contributed by atoms with Crippen molar-refractivity contribution in [3.05, 3.63) is 65.5 Å². The lowest BCUT2D eigenvalue weighted by atomic mass is 10.1. The Morgan fingerprint density at radius 1 is 1.23 bits per heavy atom. The number of benzene rings is 2. The highest BCUT2D eigenvalue weighted by molar-refractivity contribution is 5.75. The molecule has 2 aromatic rings. The average molecular weight is 302 g/mol. The lowest BCUT2D eigenvalue weighted by molar-refractivity contribution is -0.142. The van der Waals surface area contributed by atoms with Crippen molar-refractivity contribution >= 4 is 11.7 Å². The van der Waals surface area contributed by atoms with Gasteiger partial charge in [0.25, 0.3) is 0 Å². The topological polar surface area (TPSA) is 64.3 Å². The Bertz CT molecular complexity index is 629. The Hall–Kier alpha value is -2.40. The second kappa shape index (κ2) is 7.56. The number of ether oxygens (including phenoxy) is 1. The smallest absolute Gasteiger partial charge is 0.322 e. The van der Waals surface area contributed by atoms with Gasteiger partial charge in [0.2, 0.25) is 0 Å². The Balaban J connectivity index is 1.92. The van der Waals surface area contributed by atoms with Crippen molar-refractivity contribution in [2.45, 2.75) is 19.0 Å². The summed E-state index contributed by atoms with van der Waals surface area (Å²) in [5, 5.41) is 3.15. The Morgan fingerprint density at radius 2 is 1.91 bits per heavy atom. The highest BCUT2D eigenvalue weighted by atomic mass is 19.1. The van der Waals surface area contributed by atoms with Gasteiger partial charge in [-0.1, -0.05) is 30.3 Å². The van der Waals surface area contributed by atoms with Crippen molar-refractivity contribution in [2.75, 3.05) is 12.4 Å². The average Bonchev–Trinajstić information content (AvgIpc) is 2.54. The number of methoxy groups -OCH3 is 1. The van der Waals surface area contributed by atoms with Gasteiger partial charge in [0, 0.05) is 17.8 Å². The molecule has 116 valence electrons. The predicted octanol–water partition coefficient (Wildman–Crippen LogP) is 2.48. The van der Waals surface area contributed by atoms with Crippen molar-refractivity contribution < 1.29 is 13.9 Å². The number of carbonyl (C=O) groups is 1. The molecule has 4 nitrogen and oxygen atoms in total. The normalized spacial score (nSPS) is 11.8. The fourth-order valence-electron chi connectivity index (χ4n) is 2.09. The highest BCUT2D eigenvalue weighted by Gasteiger charge is 2.13. The molecule has 2 aromatic carbocycles. The first-order chi connectivity index (χ1) is 10.6. The number of esters is 1. The molecule has 0 fully saturated rings. The van der Waals surface area contributed by atoms with E-state index in [0.717, 1.165) is 11.3 Å². The standard InChI is InChI=1S/C17H19FN2O2/c1-22-17(21)16(19)10-12-6-8-14(9-7-12)20-11-13-4-2-3-5-15(13)18/h2-9,16,20H,10-11,19H2,1H3/t16-/m0/s1. The minimum Gasteiger partial charge on any atom is -0.468 e. The van der Waals surface area contributed by atoms with E-state index in [9.17, 15) is 9.18 Å². The molecular formula is C17H19FN2O2. The summed E-state index contributed by atoms with van der Waals surface area (Å²) in [6.45, 7) is 0.410. The summed E-state index contributed by atoms with van der Waals surface area (Å²) in [6.07, 6.45) is 0.417. The number of rotatable bonds is 6. The van der Waals surface area contributed by atoms with Crippen molar-refractivity contribution in [1.82, 2.24) is 0 Å². The summed E-state index contributed by atoms with van der Waals surface area (Å²) < 4.78 is 18.1. The maximum atomic E-state index is 13.5. The summed E-state index contributed by atoms with van der Waals surface area (Å²) in [5.41, 5.74) is 8.14. The summed E-state index contributed by atoms with van der Waals surface area (Å²) in [5.74, 6) is -0.655. The Labute approximate surface area is 129 Å². The number of hydrogen-bond donors (Lipinski definition) is 2. The maximum absolute atomic E-state index is 13.5. The molecule has 0 aromatic heterocycles. The van der Waals surface area contributed by atoms with Crippen LogP contribution in [0.15, 0.2) is 48.5 Å². The van der Waals surface area contributed by atoms with Gasteiger partial charge in [0.05, 0.1) is 7.11 Å². The third-order valence-corrected chi connectivity index (χ3v) is 3.35. The SMILES string of the molecule is COC(=O)[C@@H](N)Cc1ccc(NCc2ccccc2F)cc1. The Kier molecular flexibility index (Phi) is 5.49. The molecule has 0 aliphatic heterocycles. The van der Waals surface area contributed by atoms with Crippen molar-refractivity contribution in [3.8, 4) is 0 Å². The molecule has 0 saturated heterocycles. The zero-order chi connectivity index (χ0) is 15.9. The summed E-state index contributed by atoms with van der Waals surface area (Å²) in [7, 11) is 1.32. The summed E-state index contributed by atoms with van der Waals surface area (Å²) in [4.78, 5) is 11.3. The van der Waals surface area contributed by atoms with Crippen LogP contribution in [-0.2, 0) is 22.5 Å². The van der Waals surface area contributed by atoms with Gasteiger partial charge >= 0.3 is 5.97 Å². The van der Waals surface area contributed by atoms with E-state index in [-0.39, 0.29) is 5.82 Å². The first-order valence-electron chi connectivity index (χ1n) is 7.00. The van der Waals surface area contributed by atoms with Gasteiger partial charge in [0.1, 0.15) is 11.9 Å². The molecule has 1 atom stereocenters. The van der Waals surface area contributed by atoms with E-state index >= 15 is 0 Å². The molecule has 0 heterocycles. The number of halogens is 1. The van der Waals surface area contributed by atoms with Crippen molar-refractivity contribution in [3.63, 3.8) is 0 Å². The zero-order valence-electron chi connectivity index (χ0n) is 12.4. The van der Waals surface area contributed by atoms with E-state index in [2.05, 4.69) is 10.1 Å². The van der Waals surface area contributed by atoms with E-state index in [0.29, 0.717) is 18.5 Å². The predicted molar refractivity (Wildman–Crippen MR) is 83.9 cm³/mol. The van der Waals surface area contributed by atoms with E-state index in [4.69, 9.17) is 5.73 Å². The van der Waals surface area contributed by atoms with Gasteiger partial charge in [-0.3, -0.25) is 4.79 Å². The molecule has 0 aliphatic rings. The van der Waals surface area contributed by atoms with Crippen molar-refractivity contribution in [2.24, 2.45) is 5.73 Å². The third kappa shape index (κ3) is 4.30. The monoisotopic (exact) mass is 302 g/mol. The molecule has 0 bridgehead atoms. The van der Waals surface area contributed by atoms with E-state index in [1.807, 2.05) is 24.3 Å². The molecule has 0 amide bonds. The number of anilines is 1. The molecule has 22 heavy (non-hydrogen) atoms. The molecule has 0 spiro atoms. The number of nitrogens with two attached hydrogens (primary N) is 1. The van der Waals surface area contributed by atoms with E-state index < -0.39 is 12.0 Å². The molecule has 2 rings (SSSR count). The second-order valence-electron chi connectivity index (χ2n) is 4.98. The van der Waals surface area contributed by atoms with Crippen LogP contribution in [0.2, 0.25) is 0 Å². The quantitative estimate of drug-likeness (QED) is 0.805. The largest absolute Gasteiger partial charge is 0.468 e. The highest BCUT2D eigenvalue weighted by Crippen LogP contribution is 2.14. The van der Waals surface area contributed by atoms with E-state index in [1.165, 1.54) is 13.2 Å². The fraction of sp³-hybridized carbons (Fsp3) is 0.235. The second-order valence-corrected chi connectivity index (χ2v) is 4.98.